The number of hydrogen-bond acceptors (Lipinski definition) is 6. The fraction of sp³-hybridized carbons (Fsp3) is 0.375. The number of halogens is 1. The molecule has 2 atom stereocenters. The number of benzene rings is 1. The Kier molecular flexibility index (Phi) is 5.83. The minimum absolute atomic E-state index is 0. The van der Waals surface area contributed by atoms with Crippen LogP contribution in [0.15, 0.2) is 22.7 Å². The third-order valence-electron chi connectivity index (χ3n) is 4.21. The Bertz CT molecular complexity index is 825. The molecule has 2 heterocycles. The van der Waals surface area contributed by atoms with Gasteiger partial charge in [-0.15, -0.1) is 12.4 Å². The lowest BCUT2D eigenvalue weighted by atomic mass is 9.90. The first kappa shape index (κ1) is 19.7. The number of carbonyl (C=O) groups is 2. The van der Waals surface area contributed by atoms with Crippen LogP contribution in [0.2, 0.25) is 0 Å². The molecule has 1 aliphatic rings. The summed E-state index contributed by atoms with van der Waals surface area (Å²) >= 11 is 0. The zero-order chi connectivity index (χ0) is 18.1. The average Bonchev–Trinajstić information content (AvgIpc) is 3.02. The molecule has 2 aromatic rings. The van der Waals surface area contributed by atoms with Crippen LogP contribution in [0.1, 0.15) is 37.7 Å². The van der Waals surface area contributed by atoms with Gasteiger partial charge < -0.3 is 25.6 Å². The average molecular weight is 382 g/mol. The number of rotatable bonds is 3. The van der Waals surface area contributed by atoms with E-state index in [0.717, 1.165) is 0 Å². The monoisotopic (exact) mass is 381 g/mol. The highest BCUT2D eigenvalue weighted by Crippen LogP contribution is 2.39. The van der Waals surface area contributed by atoms with E-state index < -0.39 is 12.1 Å². The van der Waals surface area contributed by atoms with Gasteiger partial charge in [0, 0.05) is 24.2 Å². The normalized spacial score (nSPS) is 18.7. The zero-order valence-electron chi connectivity index (χ0n) is 14.3. The molecule has 0 aliphatic carbocycles. The number of amides is 2. The van der Waals surface area contributed by atoms with Crippen molar-refractivity contribution in [3.63, 3.8) is 0 Å². The third kappa shape index (κ3) is 3.63. The van der Waals surface area contributed by atoms with Crippen molar-refractivity contribution < 1.29 is 19.2 Å². The minimum atomic E-state index is -1.12. The summed E-state index contributed by atoms with van der Waals surface area (Å²) in [5.41, 5.74) is 7.50. The SMILES string of the molecule is CC(=O)N1c2ccc(-c3nc(CN)no3)cc2[C@H](NC(=O)O)C[C@@H]1C.Cl. The van der Waals surface area contributed by atoms with Gasteiger partial charge in [-0.25, -0.2) is 4.79 Å². The maximum atomic E-state index is 12.0. The van der Waals surface area contributed by atoms with E-state index in [4.69, 9.17) is 15.4 Å². The smallest absolute Gasteiger partial charge is 0.405 e. The molecule has 1 aromatic carbocycles. The van der Waals surface area contributed by atoms with E-state index in [2.05, 4.69) is 15.5 Å². The van der Waals surface area contributed by atoms with Crippen LogP contribution in [0, 0.1) is 0 Å². The van der Waals surface area contributed by atoms with Crippen LogP contribution in [0.3, 0.4) is 0 Å². The van der Waals surface area contributed by atoms with Crippen molar-refractivity contribution in [1.29, 1.82) is 0 Å². The number of nitrogens with two attached hydrogens (primary N) is 1. The van der Waals surface area contributed by atoms with Crippen molar-refractivity contribution in [2.75, 3.05) is 4.90 Å². The number of hydrogen-bond donors (Lipinski definition) is 3. The molecule has 4 N–H and O–H groups in total. The highest BCUT2D eigenvalue weighted by atomic mass is 35.5. The van der Waals surface area contributed by atoms with Crippen LogP contribution in [0.25, 0.3) is 11.5 Å². The number of nitrogens with zero attached hydrogens (tertiary/aromatic N) is 3. The summed E-state index contributed by atoms with van der Waals surface area (Å²) in [5, 5.41) is 15.4. The van der Waals surface area contributed by atoms with Gasteiger partial charge in [-0.1, -0.05) is 5.16 Å². The Labute approximate surface area is 156 Å². The predicted molar refractivity (Wildman–Crippen MR) is 96.0 cm³/mol. The van der Waals surface area contributed by atoms with Crippen molar-refractivity contribution in [3.8, 4) is 11.5 Å². The molecule has 0 fully saturated rings. The number of fused-ring (bicyclic) bond motifs is 1. The number of carbonyl (C=O) groups excluding carboxylic acids is 1. The third-order valence-corrected chi connectivity index (χ3v) is 4.21. The highest BCUT2D eigenvalue weighted by Gasteiger charge is 2.33. The van der Waals surface area contributed by atoms with Crippen LogP contribution < -0.4 is 16.0 Å². The van der Waals surface area contributed by atoms with E-state index in [1.54, 1.807) is 23.1 Å². The Morgan fingerprint density at radius 3 is 2.77 bits per heavy atom. The second-order valence-corrected chi connectivity index (χ2v) is 5.97. The Morgan fingerprint density at radius 2 is 2.19 bits per heavy atom. The molecule has 140 valence electrons. The van der Waals surface area contributed by atoms with Gasteiger partial charge in [-0.3, -0.25) is 4.79 Å². The predicted octanol–water partition coefficient (Wildman–Crippen LogP) is 2.07. The second-order valence-electron chi connectivity index (χ2n) is 5.97. The Balaban J connectivity index is 0.00000243. The van der Waals surface area contributed by atoms with Crippen molar-refractivity contribution in [2.24, 2.45) is 5.73 Å². The van der Waals surface area contributed by atoms with Crippen LogP contribution in [-0.2, 0) is 11.3 Å². The van der Waals surface area contributed by atoms with Crippen molar-refractivity contribution in [2.45, 2.75) is 38.9 Å². The van der Waals surface area contributed by atoms with Crippen LogP contribution in [-0.4, -0.2) is 33.3 Å². The molecule has 0 radical (unpaired) electrons. The van der Waals surface area contributed by atoms with Gasteiger partial charge in [-0.2, -0.15) is 4.98 Å². The van der Waals surface area contributed by atoms with E-state index in [-0.39, 0.29) is 30.9 Å². The van der Waals surface area contributed by atoms with Crippen molar-refractivity contribution in [3.05, 3.63) is 29.6 Å². The van der Waals surface area contributed by atoms with E-state index >= 15 is 0 Å². The van der Waals surface area contributed by atoms with Crippen LogP contribution in [0.4, 0.5) is 10.5 Å². The minimum Gasteiger partial charge on any atom is -0.465 e. The van der Waals surface area contributed by atoms with E-state index in [1.807, 2.05) is 6.92 Å². The Hall–Kier alpha value is -2.65. The summed E-state index contributed by atoms with van der Waals surface area (Å²) in [6.07, 6.45) is -0.645. The molecular weight excluding hydrogens is 362 g/mol. The lowest BCUT2D eigenvalue weighted by Gasteiger charge is -2.38. The fourth-order valence-corrected chi connectivity index (χ4v) is 3.22. The first-order valence-corrected chi connectivity index (χ1v) is 7.87. The quantitative estimate of drug-likeness (QED) is 0.740. The first-order valence-electron chi connectivity index (χ1n) is 7.87. The maximum absolute atomic E-state index is 12.0. The highest BCUT2D eigenvalue weighted by molar-refractivity contribution is 5.94. The molecule has 9 nitrogen and oxygen atoms in total. The van der Waals surface area contributed by atoms with Crippen LogP contribution >= 0.6 is 12.4 Å². The van der Waals surface area contributed by atoms with Gasteiger partial charge in [0.25, 0.3) is 5.89 Å². The van der Waals surface area contributed by atoms with Gasteiger partial charge in [0.15, 0.2) is 5.82 Å². The fourth-order valence-electron chi connectivity index (χ4n) is 3.22. The summed E-state index contributed by atoms with van der Waals surface area (Å²) in [6, 6.07) is 4.74. The van der Waals surface area contributed by atoms with E-state index in [1.165, 1.54) is 6.92 Å². The molecular formula is C16H20ClN5O4. The van der Waals surface area contributed by atoms with Gasteiger partial charge in [-0.05, 0) is 37.1 Å². The topological polar surface area (TPSA) is 135 Å². The molecule has 3 rings (SSSR count). The van der Waals surface area contributed by atoms with E-state index in [0.29, 0.717) is 35.0 Å². The molecule has 0 spiro atoms. The summed E-state index contributed by atoms with van der Waals surface area (Å²) in [6.45, 7) is 3.54. The van der Waals surface area contributed by atoms with Gasteiger partial charge >= 0.3 is 6.09 Å². The molecule has 0 saturated carbocycles. The van der Waals surface area contributed by atoms with Gasteiger partial charge in [0.1, 0.15) is 0 Å². The standard InChI is InChI=1S/C16H19N5O4.ClH/c1-8-5-12(18-16(23)24)11-6-10(15-19-14(7-17)20-25-15)3-4-13(11)21(8)9(2)22;/h3-4,6,8,12,18H,5,7,17H2,1-2H3,(H,23,24);1H/t8-,12+;/m0./s1. The lowest BCUT2D eigenvalue weighted by molar-refractivity contribution is -0.117. The lowest BCUT2D eigenvalue weighted by Crippen LogP contribution is -2.45. The molecule has 0 unspecified atom stereocenters. The summed E-state index contributed by atoms with van der Waals surface area (Å²) in [4.78, 5) is 29.0. The first-order chi connectivity index (χ1) is 11.9. The van der Waals surface area contributed by atoms with Crippen molar-refractivity contribution in [1.82, 2.24) is 15.5 Å². The largest absolute Gasteiger partial charge is 0.465 e. The Morgan fingerprint density at radius 1 is 1.46 bits per heavy atom. The molecule has 26 heavy (non-hydrogen) atoms. The number of aromatic nitrogens is 2. The second kappa shape index (κ2) is 7.71. The molecule has 2 amide bonds. The zero-order valence-corrected chi connectivity index (χ0v) is 15.1. The molecule has 10 heteroatoms. The maximum Gasteiger partial charge on any atom is 0.405 e. The number of nitrogens with one attached hydrogen (secondary N) is 1. The van der Waals surface area contributed by atoms with Crippen LogP contribution in [0.5, 0.6) is 0 Å². The molecule has 1 aliphatic heterocycles. The van der Waals surface area contributed by atoms with Crippen molar-refractivity contribution >= 4 is 30.1 Å². The molecule has 0 saturated heterocycles. The number of anilines is 1. The van der Waals surface area contributed by atoms with Gasteiger partial charge in [0.05, 0.1) is 12.6 Å². The number of carboxylic acid groups (broad SMARTS) is 1. The summed E-state index contributed by atoms with van der Waals surface area (Å²) in [5.74, 6) is 0.579. The van der Waals surface area contributed by atoms with E-state index in [9.17, 15) is 9.59 Å². The summed E-state index contributed by atoms with van der Waals surface area (Å²) in [7, 11) is 0. The molecule has 0 bridgehead atoms. The summed E-state index contributed by atoms with van der Waals surface area (Å²) < 4.78 is 5.19. The van der Waals surface area contributed by atoms with Gasteiger partial charge in [0.2, 0.25) is 5.91 Å². The molecule has 1 aromatic heterocycles.